The van der Waals surface area contributed by atoms with Gasteiger partial charge in [-0.15, -0.1) is 0 Å². The van der Waals surface area contributed by atoms with E-state index >= 15 is 0 Å². The van der Waals surface area contributed by atoms with E-state index in [2.05, 4.69) is 15.3 Å². The van der Waals surface area contributed by atoms with Crippen LogP contribution in [-0.4, -0.2) is 26.2 Å². The maximum Gasteiger partial charge on any atom is 0.236 e. The number of carbonyl (C=O) groups excluding carboxylic acids is 1. The van der Waals surface area contributed by atoms with E-state index in [1.165, 1.54) is 36.2 Å². The Morgan fingerprint density at radius 3 is 2.88 bits per heavy atom. The summed E-state index contributed by atoms with van der Waals surface area (Å²) in [7, 11) is 0. The van der Waals surface area contributed by atoms with E-state index in [4.69, 9.17) is 23.2 Å². The van der Waals surface area contributed by atoms with Gasteiger partial charge in [-0.25, -0.2) is 14.4 Å². The van der Waals surface area contributed by atoms with Gasteiger partial charge in [0.05, 0.1) is 21.5 Å². The first-order valence-electron chi connectivity index (χ1n) is 7.06. The zero-order chi connectivity index (χ0) is 17.8. The summed E-state index contributed by atoms with van der Waals surface area (Å²) >= 11 is 13.0. The molecule has 0 aliphatic rings. The Labute approximate surface area is 157 Å². The fourth-order valence-corrected chi connectivity index (χ4v) is 3.22. The van der Waals surface area contributed by atoms with Gasteiger partial charge in [-0.05, 0) is 24.3 Å². The SMILES string of the molecule is O=C(CSc1nccn1-c1cccc(F)c1)Nc1ncc(Cl)cc1Cl. The molecule has 0 atom stereocenters. The molecule has 3 rings (SSSR count). The van der Waals surface area contributed by atoms with Gasteiger partial charge in [-0.3, -0.25) is 9.36 Å². The van der Waals surface area contributed by atoms with Crippen LogP contribution in [0.15, 0.2) is 54.1 Å². The zero-order valence-corrected chi connectivity index (χ0v) is 14.9. The Kier molecular flexibility index (Phi) is 5.57. The second-order valence-electron chi connectivity index (χ2n) is 4.88. The highest BCUT2D eigenvalue weighted by atomic mass is 35.5. The average molecular weight is 397 g/mol. The number of hydrogen-bond donors (Lipinski definition) is 1. The molecule has 5 nitrogen and oxygen atoms in total. The Hall–Kier alpha value is -2.09. The van der Waals surface area contributed by atoms with E-state index in [-0.39, 0.29) is 28.3 Å². The summed E-state index contributed by atoms with van der Waals surface area (Å²) in [4.78, 5) is 20.3. The zero-order valence-electron chi connectivity index (χ0n) is 12.6. The van der Waals surface area contributed by atoms with E-state index in [9.17, 15) is 9.18 Å². The van der Waals surface area contributed by atoms with Crippen LogP contribution in [0.3, 0.4) is 0 Å². The van der Waals surface area contributed by atoms with Crippen molar-refractivity contribution in [2.45, 2.75) is 5.16 Å². The molecule has 1 N–H and O–H groups in total. The molecule has 0 bridgehead atoms. The van der Waals surface area contributed by atoms with Crippen LogP contribution in [0.25, 0.3) is 5.69 Å². The lowest BCUT2D eigenvalue weighted by Gasteiger charge is -2.08. The van der Waals surface area contributed by atoms with Crippen LogP contribution in [0.1, 0.15) is 0 Å². The number of benzene rings is 1. The van der Waals surface area contributed by atoms with E-state index in [1.807, 2.05) is 0 Å². The van der Waals surface area contributed by atoms with Crippen LogP contribution in [0.4, 0.5) is 10.2 Å². The number of pyridine rings is 1. The third-order valence-corrected chi connectivity index (χ3v) is 4.55. The second kappa shape index (κ2) is 7.86. The number of carbonyl (C=O) groups is 1. The summed E-state index contributed by atoms with van der Waals surface area (Å²) in [5.74, 6) is -0.309. The molecule has 25 heavy (non-hydrogen) atoms. The van der Waals surface area contributed by atoms with Crippen LogP contribution in [0.5, 0.6) is 0 Å². The van der Waals surface area contributed by atoms with E-state index in [0.717, 1.165) is 0 Å². The van der Waals surface area contributed by atoms with Gasteiger partial charge in [-0.1, -0.05) is 41.0 Å². The van der Waals surface area contributed by atoms with Crippen molar-refractivity contribution in [3.05, 3.63) is 64.8 Å². The quantitative estimate of drug-likeness (QED) is 0.647. The van der Waals surface area contributed by atoms with Crippen molar-refractivity contribution in [3.63, 3.8) is 0 Å². The van der Waals surface area contributed by atoms with Gasteiger partial charge >= 0.3 is 0 Å². The monoisotopic (exact) mass is 396 g/mol. The molecule has 1 aromatic carbocycles. The van der Waals surface area contributed by atoms with Crippen LogP contribution in [0, 0.1) is 5.82 Å². The standard InChI is InChI=1S/C16H11Cl2FN4OS/c17-10-6-13(18)15(21-8-10)22-14(24)9-25-16-20-4-5-23(16)12-3-1-2-11(19)7-12/h1-8H,9H2,(H,21,22,24). The number of amides is 1. The Morgan fingerprint density at radius 2 is 2.12 bits per heavy atom. The molecule has 9 heteroatoms. The molecule has 0 radical (unpaired) electrons. The minimum absolute atomic E-state index is 0.0902. The van der Waals surface area contributed by atoms with Gasteiger partial charge < -0.3 is 5.32 Å². The molecule has 0 saturated heterocycles. The summed E-state index contributed by atoms with van der Waals surface area (Å²) in [6.07, 6.45) is 4.68. The molecule has 1 amide bonds. The highest BCUT2D eigenvalue weighted by Gasteiger charge is 2.12. The van der Waals surface area contributed by atoms with Gasteiger partial charge in [0.1, 0.15) is 5.82 Å². The van der Waals surface area contributed by atoms with E-state index in [0.29, 0.717) is 15.9 Å². The lowest BCUT2D eigenvalue weighted by Crippen LogP contribution is -2.15. The molecule has 2 heterocycles. The predicted octanol–water partition coefficient (Wildman–Crippen LogP) is 4.44. The molecule has 128 valence electrons. The molecular weight excluding hydrogens is 386 g/mol. The first kappa shape index (κ1) is 17.7. The second-order valence-corrected chi connectivity index (χ2v) is 6.67. The summed E-state index contributed by atoms with van der Waals surface area (Å²) < 4.78 is 15.1. The molecule has 0 unspecified atom stereocenters. The molecule has 0 fully saturated rings. The third-order valence-electron chi connectivity index (χ3n) is 3.09. The van der Waals surface area contributed by atoms with E-state index < -0.39 is 0 Å². The van der Waals surface area contributed by atoms with Crippen molar-refractivity contribution in [3.8, 4) is 5.69 Å². The highest BCUT2D eigenvalue weighted by Crippen LogP contribution is 2.24. The molecule has 0 aliphatic heterocycles. The molecular formula is C16H11Cl2FN4OS. The van der Waals surface area contributed by atoms with Crippen molar-refractivity contribution in [2.24, 2.45) is 0 Å². The normalized spacial score (nSPS) is 10.7. The number of rotatable bonds is 5. The van der Waals surface area contributed by atoms with Gasteiger partial charge in [0.2, 0.25) is 5.91 Å². The number of halogens is 3. The average Bonchev–Trinajstić information content (AvgIpc) is 3.04. The van der Waals surface area contributed by atoms with Gasteiger partial charge in [-0.2, -0.15) is 0 Å². The Balaban J connectivity index is 1.66. The molecule has 3 aromatic rings. The van der Waals surface area contributed by atoms with Crippen LogP contribution < -0.4 is 5.32 Å². The lowest BCUT2D eigenvalue weighted by molar-refractivity contribution is -0.113. The Bertz CT molecular complexity index is 919. The minimum atomic E-state index is -0.344. The number of aromatic nitrogens is 3. The smallest absolute Gasteiger partial charge is 0.236 e. The molecule has 0 saturated carbocycles. The van der Waals surface area contributed by atoms with Crippen LogP contribution >= 0.6 is 35.0 Å². The summed E-state index contributed by atoms with van der Waals surface area (Å²) in [6.45, 7) is 0. The number of nitrogens with zero attached hydrogens (tertiary/aromatic N) is 3. The fraction of sp³-hybridized carbons (Fsp3) is 0.0625. The van der Waals surface area contributed by atoms with Gasteiger partial charge in [0.25, 0.3) is 0 Å². The molecule has 2 aromatic heterocycles. The molecule has 0 spiro atoms. The summed E-state index contributed by atoms with van der Waals surface area (Å²) in [5, 5.41) is 3.82. The first-order chi connectivity index (χ1) is 12.0. The first-order valence-corrected chi connectivity index (χ1v) is 8.80. The van der Waals surface area contributed by atoms with Crippen molar-refractivity contribution in [2.75, 3.05) is 11.1 Å². The van der Waals surface area contributed by atoms with Crippen LogP contribution in [-0.2, 0) is 4.79 Å². The van der Waals surface area contributed by atoms with Crippen molar-refractivity contribution in [1.29, 1.82) is 0 Å². The largest absolute Gasteiger partial charge is 0.309 e. The summed E-state index contributed by atoms with van der Waals surface area (Å²) in [6, 6.07) is 7.62. The van der Waals surface area contributed by atoms with Gasteiger partial charge in [0, 0.05) is 18.6 Å². The topological polar surface area (TPSA) is 59.8 Å². The minimum Gasteiger partial charge on any atom is -0.309 e. The highest BCUT2D eigenvalue weighted by molar-refractivity contribution is 7.99. The Morgan fingerprint density at radius 1 is 1.28 bits per heavy atom. The number of imidazole rings is 1. The summed E-state index contributed by atoms with van der Waals surface area (Å²) in [5.41, 5.74) is 0.628. The number of nitrogens with one attached hydrogen (secondary N) is 1. The maximum absolute atomic E-state index is 13.4. The number of thioether (sulfide) groups is 1. The van der Waals surface area contributed by atoms with E-state index in [1.54, 1.807) is 29.1 Å². The molecule has 0 aliphatic carbocycles. The number of anilines is 1. The number of hydrogen-bond acceptors (Lipinski definition) is 4. The predicted molar refractivity (Wildman–Crippen MR) is 97.1 cm³/mol. The van der Waals surface area contributed by atoms with Crippen molar-refractivity contribution in [1.82, 2.24) is 14.5 Å². The van der Waals surface area contributed by atoms with Crippen molar-refractivity contribution < 1.29 is 9.18 Å². The third kappa shape index (κ3) is 4.50. The maximum atomic E-state index is 13.4. The lowest BCUT2D eigenvalue weighted by atomic mass is 10.3. The van der Waals surface area contributed by atoms with Crippen molar-refractivity contribution >= 4 is 46.7 Å². The fourth-order valence-electron chi connectivity index (χ4n) is 2.02. The van der Waals surface area contributed by atoms with Gasteiger partial charge in [0.15, 0.2) is 11.0 Å². The van der Waals surface area contributed by atoms with Crippen LogP contribution in [0.2, 0.25) is 10.0 Å².